The monoisotopic (exact) mass is 368 g/mol. The number of ether oxygens (including phenoxy) is 2. The van der Waals surface area contributed by atoms with Crippen molar-refractivity contribution in [3.8, 4) is 11.5 Å². The molecule has 138 valence electrons. The van der Waals surface area contributed by atoms with E-state index < -0.39 is 10.2 Å². The Morgan fingerprint density at radius 1 is 1.24 bits per heavy atom. The zero-order valence-corrected chi connectivity index (χ0v) is 15.5. The third-order valence-corrected chi connectivity index (χ3v) is 5.23. The number of nitrogens with one attached hydrogen (secondary N) is 1. The topological polar surface area (TPSA) is 98.8 Å². The highest BCUT2D eigenvalue weighted by molar-refractivity contribution is 7.87. The number of nitrogens with zero attached hydrogens (tertiary/aromatic N) is 2. The summed E-state index contributed by atoms with van der Waals surface area (Å²) in [5, 5.41) is 6.05. The molecule has 0 unspecified atom stereocenters. The largest absolute Gasteiger partial charge is 0.493 e. The van der Waals surface area contributed by atoms with Crippen LogP contribution in [0, 0.1) is 5.92 Å². The van der Waals surface area contributed by atoms with Crippen molar-refractivity contribution in [1.29, 1.82) is 0 Å². The maximum absolute atomic E-state index is 10.9. The summed E-state index contributed by atoms with van der Waals surface area (Å²) in [7, 11) is 1.66. The van der Waals surface area contributed by atoms with Crippen LogP contribution in [0.4, 0.5) is 5.69 Å². The number of hydrogen-bond donors (Lipinski definition) is 2. The first-order valence-electron chi connectivity index (χ1n) is 8.05. The van der Waals surface area contributed by atoms with Gasteiger partial charge in [-0.15, -0.1) is 0 Å². The van der Waals surface area contributed by atoms with Gasteiger partial charge in [0.05, 0.1) is 25.4 Å². The van der Waals surface area contributed by atoms with Crippen molar-refractivity contribution in [1.82, 2.24) is 9.29 Å². The van der Waals surface area contributed by atoms with Crippen molar-refractivity contribution in [3.63, 3.8) is 0 Å². The normalized spacial score (nSPS) is 15.4. The van der Waals surface area contributed by atoms with E-state index in [0.29, 0.717) is 24.0 Å². The third kappa shape index (κ3) is 3.68. The molecule has 1 aromatic carbocycles. The zero-order valence-electron chi connectivity index (χ0n) is 14.7. The first-order chi connectivity index (χ1) is 11.8. The molecule has 1 aliphatic rings. The van der Waals surface area contributed by atoms with Gasteiger partial charge in [-0.25, -0.2) is 9.86 Å². The number of methoxy groups -OCH3 is 2. The predicted molar refractivity (Wildman–Crippen MR) is 97.5 cm³/mol. The number of nitrogens with two attached hydrogens (primary N) is 1. The highest BCUT2D eigenvalue weighted by Gasteiger charge is 2.29. The van der Waals surface area contributed by atoms with Crippen molar-refractivity contribution in [2.75, 3.05) is 38.8 Å². The van der Waals surface area contributed by atoms with Gasteiger partial charge in [0.2, 0.25) is 0 Å². The number of hydrogen-bond acceptors (Lipinski definition) is 5. The summed E-state index contributed by atoms with van der Waals surface area (Å²) in [6.45, 7) is 2.15. The molecule has 0 atom stereocenters. The number of benzene rings is 1. The van der Waals surface area contributed by atoms with Crippen LogP contribution in [0.2, 0.25) is 0 Å². The van der Waals surface area contributed by atoms with Crippen LogP contribution < -0.4 is 24.2 Å². The maximum Gasteiger partial charge on any atom is 0.274 e. The van der Waals surface area contributed by atoms with Gasteiger partial charge in [0, 0.05) is 44.3 Å². The molecule has 0 radical (unpaired) electrons. The van der Waals surface area contributed by atoms with Crippen LogP contribution in [0.1, 0.15) is 6.42 Å². The minimum absolute atomic E-state index is 0.373. The van der Waals surface area contributed by atoms with E-state index in [1.54, 1.807) is 14.2 Å². The zero-order chi connectivity index (χ0) is 18.2. The van der Waals surface area contributed by atoms with Gasteiger partial charge in [-0.3, -0.25) is 0 Å². The number of aryl methyl sites for hydroxylation is 1. The molecule has 0 bridgehead atoms. The molecule has 9 heteroatoms. The second-order valence-electron chi connectivity index (χ2n) is 6.35. The van der Waals surface area contributed by atoms with Gasteiger partial charge in [0.25, 0.3) is 10.2 Å². The van der Waals surface area contributed by atoms with Crippen molar-refractivity contribution in [2.45, 2.75) is 6.42 Å². The van der Waals surface area contributed by atoms with Gasteiger partial charge in [0.1, 0.15) is 0 Å². The Morgan fingerprint density at radius 2 is 1.88 bits per heavy atom. The smallest absolute Gasteiger partial charge is 0.274 e. The van der Waals surface area contributed by atoms with Crippen LogP contribution in [0.3, 0.4) is 0 Å². The lowest BCUT2D eigenvalue weighted by molar-refractivity contribution is 0.355. The van der Waals surface area contributed by atoms with Gasteiger partial charge < -0.3 is 18.9 Å². The Bertz CT molecular complexity index is 872. The Balaban J connectivity index is 1.73. The molecule has 1 aromatic heterocycles. The fourth-order valence-electron chi connectivity index (χ4n) is 3.29. The minimum Gasteiger partial charge on any atom is -0.493 e. The van der Waals surface area contributed by atoms with Crippen LogP contribution in [0.15, 0.2) is 18.3 Å². The average molecular weight is 368 g/mol. The standard InChI is InChI=1S/C16H24N4O4S/c1-19-10-14(12-6-15(23-2)16(24-3)7-13(12)19)20-8-11(9-20)4-5-18-25(17,21)22/h6-7,10-11,18H,4-5,8-9H2,1-3H3,(H2,17,21,22). The van der Waals surface area contributed by atoms with Crippen molar-refractivity contribution >= 4 is 26.8 Å². The Kier molecular flexibility index (Phi) is 4.81. The van der Waals surface area contributed by atoms with E-state index in [1.165, 1.54) is 0 Å². The van der Waals surface area contributed by atoms with E-state index in [2.05, 4.69) is 20.4 Å². The van der Waals surface area contributed by atoms with Gasteiger partial charge >= 0.3 is 0 Å². The van der Waals surface area contributed by atoms with E-state index in [1.807, 2.05) is 19.2 Å². The van der Waals surface area contributed by atoms with E-state index in [9.17, 15) is 8.42 Å². The quantitative estimate of drug-likeness (QED) is 0.754. The summed E-state index contributed by atoms with van der Waals surface area (Å²) in [5.41, 5.74) is 2.22. The minimum atomic E-state index is -3.60. The molecule has 0 saturated carbocycles. The van der Waals surface area contributed by atoms with Gasteiger partial charge in [0.15, 0.2) is 11.5 Å². The van der Waals surface area contributed by atoms with Crippen LogP contribution in [0.5, 0.6) is 11.5 Å². The van der Waals surface area contributed by atoms with Crippen molar-refractivity contribution in [3.05, 3.63) is 18.3 Å². The van der Waals surface area contributed by atoms with E-state index >= 15 is 0 Å². The first-order valence-corrected chi connectivity index (χ1v) is 9.60. The lowest BCUT2D eigenvalue weighted by Crippen LogP contribution is -2.48. The second-order valence-corrected chi connectivity index (χ2v) is 7.73. The summed E-state index contributed by atoms with van der Waals surface area (Å²) in [6, 6.07) is 3.98. The van der Waals surface area contributed by atoms with E-state index in [-0.39, 0.29) is 0 Å². The number of rotatable bonds is 7. The molecule has 1 saturated heterocycles. The fourth-order valence-corrected chi connectivity index (χ4v) is 3.70. The van der Waals surface area contributed by atoms with Crippen LogP contribution >= 0.6 is 0 Å². The summed E-state index contributed by atoms with van der Waals surface area (Å²) < 4.78 is 37.0. The molecule has 8 nitrogen and oxygen atoms in total. The molecule has 2 aromatic rings. The third-order valence-electron chi connectivity index (χ3n) is 4.63. The number of fused-ring (bicyclic) bond motifs is 1. The molecule has 1 aliphatic heterocycles. The first kappa shape index (κ1) is 17.8. The summed E-state index contributed by atoms with van der Waals surface area (Å²) >= 11 is 0. The van der Waals surface area contributed by atoms with Gasteiger partial charge in [-0.05, 0) is 18.4 Å². The lowest BCUT2D eigenvalue weighted by atomic mass is 9.95. The molecule has 25 heavy (non-hydrogen) atoms. The summed E-state index contributed by atoms with van der Waals surface area (Å²) in [5.74, 6) is 1.86. The van der Waals surface area contributed by atoms with Gasteiger partial charge in [-0.2, -0.15) is 8.42 Å². The van der Waals surface area contributed by atoms with Crippen LogP contribution in [-0.2, 0) is 17.3 Å². The van der Waals surface area contributed by atoms with E-state index in [0.717, 1.165) is 36.1 Å². The number of aromatic nitrogens is 1. The van der Waals surface area contributed by atoms with Gasteiger partial charge in [-0.1, -0.05) is 0 Å². The Labute approximate surface area is 147 Å². The Morgan fingerprint density at radius 3 is 2.48 bits per heavy atom. The molecular formula is C16H24N4O4S. The highest BCUT2D eigenvalue weighted by atomic mass is 32.2. The van der Waals surface area contributed by atoms with Crippen LogP contribution in [0.25, 0.3) is 10.9 Å². The molecule has 3 N–H and O–H groups in total. The van der Waals surface area contributed by atoms with E-state index in [4.69, 9.17) is 14.6 Å². The second kappa shape index (κ2) is 6.74. The molecule has 1 fully saturated rings. The highest BCUT2D eigenvalue weighted by Crippen LogP contribution is 2.39. The molecule has 2 heterocycles. The van der Waals surface area contributed by atoms with Crippen molar-refractivity contribution < 1.29 is 17.9 Å². The molecule has 0 spiro atoms. The van der Waals surface area contributed by atoms with Crippen LogP contribution in [-0.4, -0.2) is 46.8 Å². The molecule has 0 amide bonds. The predicted octanol–water partition coefficient (Wildman–Crippen LogP) is 0.815. The fraction of sp³-hybridized carbons (Fsp3) is 0.500. The summed E-state index contributed by atoms with van der Waals surface area (Å²) in [4.78, 5) is 2.29. The SMILES string of the molecule is COc1cc2c(N3CC(CCNS(N)(=O)=O)C3)cn(C)c2cc1OC. The average Bonchev–Trinajstić information content (AvgIpc) is 2.83. The molecular weight excluding hydrogens is 344 g/mol. The maximum atomic E-state index is 10.9. The number of anilines is 1. The summed E-state index contributed by atoms with van der Waals surface area (Å²) in [6.07, 6.45) is 2.87. The Hall–Kier alpha value is -1.97. The molecule has 0 aliphatic carbocycles. The van der Waals surface area contributed by atoms with Crippen molar-refractivity contribution in [2.24, 2.45) is 18.1 Å². The lowest BCUT2D eigenvalue weighted by Gasteiger charge is -2.41. The molecule has 3 rings (SSSR count).